The number of carbonyl (C=O) groups is 1. The van der Waals surface area contributed by atoms with Crippen molar-refractivity contribution in [3.05, 3.63) is 27.2 Å². The molecular formula is C9H7Cl3N2OS. The van der Waals surface area contributed by atoms with Gasteiger partial charge in [0, 0.05) is 6.92 Å². The van der Waals surface area contributed by atoms with E-state index in [4.69, 9.17) is 47.0 Å². The average molecular weight is 298 g/mol. The van der Waals surface area contributed by atoms with Crippen LogP contribution in [0.15, 0.2) is 12.1 Å². The number of anilines is 1. The van der Waals surface area contributed by atoms with E-state index in [0.29, 0.717) is 20.8 Å². The number of nitrogens with one attached hydrogen (secondary N) is 2. The Morgan fingerprint density at radius 2 is 1.75 bits per heavy atom. The number of hydrogen-bond acceptors (Lipinski definition) is 2. The zero-order valence-corrected chi connectivity index (χ0v) is 11.2. The Morgan fingerprint density at radius 1 is 1.19 bits per heavy atom. The lowest BCUT2D eigenvalue weighted by atomic mass is 10.3. The van der Waals surface area contributed by atoms with Gasteiger partial charge >= 0.3 is 0 Å². The van der Waals surface area contributed by atoms with E-state index in [2.05, 4.69) is 10.6 Å². The van der Waals surface area contributed by atoms with Crippen molar-refractivity contribution in [1.82, 2.24) is 5.32 Å². The van der Waals surface area contributed by atoms with Crippen LogP contribution in [0.1, 0.15) is 6.92 Å². The normalized spacial score (nSPS) is 9.75. The highest BCUT2D eigenvalue weighted by molar-refractivity contribution is 7.80. The van der Waals surface area contributed by atoms with Gasteiger partial charge in [-0.1, -0.05) is 34.8 Å². The third-order valence-corrected chi connectivity index (χ3v) is 2.79. The van der Waals surface area contributed by atoms with Crippen molar-refractivity contribution in [2.24, 2.45) is 0 Å². The summed E-state index contributed by atoms with van der Waals surface area (Å²) in [4.78, 5) is 10.7. The van der Waals surface area contributed by atoms with E-state index in [1.807, 2.05) is 0 Å². The molecule has 2 N–H and O–H groups in total. The van der Waals surface area contributed by atoms with Gasteiger partial charge in [-0.3, -0.25) is 4.79 Å². The van der Waals surface area contributed by atoms with Gasteiger partial charge < -0.3 is 10.6 Å². The summed E-state index contributed by atoms with van der Waals surface area (Å²) in [5.74, 6) is -0.270. The third kappa shape index (κ3) is 3.79. The summed E-state index contributed by atoms with van der Waals surface area (Å²) in [6.45, 7) is 1.35. The predicted octanol–water partition coefficient (Wildman–Crippen LogP) is 3.48. The van der Waals surface area contributed by atoms with Crippen LogP contribution in [0, 0.1) is 0 Å². The molecule has 0 spiro atoms. The molecule has 3 nitrogen and oxygen atoms in total. The number of carbonyl (C=O) groups excluding carboxylic acids is 1. The summed E-state index contributed by atoms with van der Waals surface area (Å²) in [6.07, 6.45) is 0. The number of rotatable bonds is 1. The molecule has 0 radical (unpaired) electrons. The van der Waals surface area contributed by atoms with E-state index in [-0.39, 0.29) is 11.0 Å². The van der Waals surface area contributed by atoms with E-state index in [1.165, 1.54) is 19.1 Å². The Labute approximate surface area is 113 Å². The van der Waals surface area contributed by atoms with E-state index in [0.717, 1.165) is 0 Å². The van der Waals surface area contributed by atoms with Crippen LogP contribution in [0.3, 0.4) is 0 Å². The van der Waals surface area contributed by atoms with Crippen LogP contribution in [-0.2, 0) is 4.79 Å². The van der Waals surface area contributed by atoms with Crippen LogP contribution < -0.4 is 10.6 Å². The number of thiocarbonyl (C=S) groups is 1. The molecule has 0 bridgehead atoms. The molecular weight excluding hydrogens is 291 g/mol. The van der Waals surface area contributed by atoms with Gasteiger partial charge in [0.25, 0.3) is 0 Å². The van der Waals surface area contributed by atoms with Crippen LogP contribution in [0.2, 0.25) is 15.1 Å². The van der Waals surface area contributed by atoms with Gasteiger partial charge in [0.1, 0.15) is 0 Å². The zero-order chi connectivity index (χ0) is 12.3. The van der Waals surface area contributed by atoms with Gasteiger partial charge in [-0.2, -0.15) is 0 Å². The average Bonchev–Trinajstić information content (AvgIpc) is 2.12. The summed E-state index contributed by atoms with van der Waals surface area (Å²) in [5, 5.41) is 6.34. The highest BCUT2D eigenvalue weighted by Gasteiger charge is 2.07. The van der Waals surface area contributed by atoms with Crippen molar-refractivity contribution < 1.29 is 4.79 Å². The van der Waals surface area contributed by atoms with Crippen LogP contribution in [0.5, 0.6) is 0 Å². The topological polar surface area (TPSA) is 41.1 Å². The Kier molecular flexibility index (Phi) is 4.80. The number of halogens is 3. The van der Waals surface area contributed by atoms with Crippen LogP contribution in [-0.4, -0.2) is 11.0 Å². The number of benzene rings is 1. The first-order valence-corrected chi connectivity index (χ1v) is 5.67. The van der Waals surface area contributed by atoms with E-state index >= 15 is 0 Å². The second-order valence-electron chi connectivity index (χ2n) is 2.88. The van der Waals surface area contributed by atoms with Crippen molar-refractivity contribution in [2.75, 3.05) is 5.32 Å². The molecule has 0 saturated heterocycles. The largest absolute Gasteiger partial charge is 0.331 e. The summed E-state index contributed by atoms with van der Waals surface area (Å²) >= 11 is 22.3. The van der Waals surface area contributed by atoms with E-state index < -0.39 is 0 Å². The van der Waals surface area contributed by atoms with Crippen LogP contribution in [0.25, 0.3) is 0 Å². The maximum atomic E-state index is 10.7. The SMILES string of the molecule is CC(=O)NC(=S)Nc1cc(Cl)c(Cl)cc1Cl. The smallest absolute Gasteiger partial charge is 0.222 e. The van der Waals surface area contributed by atoms with Crippen LogP contribution in [0.4, 0.5) is 5.69 Å². The molecule has 0 fully saturated rings. The van der Waals surface area contributed by atoms with Gasteiger partial charge in [0.05, 0.1) is 20.8 Å². The Morgan fingerprint density at radius 3 is 2.31 bits per heavy atom. The Bertz CT molecular complexity index is 451. The lowest BCUT2D eigenvalue weighted by Gasteiger charge is -2.10. The lowest BCUT2D eigenvalue weighted by molar-refractivity contribution is -0.117. The fourth-order valence-electron chi connectivity index (χ4n) is 0.932. The fraction of sp³-hybridized carbons (Fsp3) is 0.111. The maximum Gasteiger partial charge on any atom is 0.222 e. The first-order chi connectivity index (χ1) is 7.40. The molecule has 1 rings (SSSR count). The maximum absolute atomic E-state index is 10.7. The quantitative estimate of drug-likeness (QED) is 0.616. The van der Waals surface area contributed by atoms with Crippen molar-refractivity contribution >= 4 is 63.7 Å². The third-order valence-electron chi connectivity index (χ3n) is 1.55. The molecule has 0 saturated carbocycles. The van der Waals surface area contributed by atoms with Gasteiger partial charge in [-0.15, -0.1) is 0 Å². The molecule has 0 aliphatic heterocycles. The first-order valence-electron chi connectivity index (χ1n) is 4.13. The first kappa shape index (κ1) is 13.5. The molecule has 0 atom stereocenters. The molecule has 0 aliphatic carbocycles. The molecule has 7 heteroatoms. The Hall–Kier alpha value is -0.550. The molecule has 0 aromatic heterocycles. The van der Waals surface area contributed by atoms with Crippen molar-refractivity contribution in [1.29, 1.82) is 0 Å². The highest BCUT2D eigenvalue weighted by atomic mass is 35.5. The molecule has 1 aromatic rings. The fourth-order valence-corrected chi connectivity index (χ4v) is 1.78. The minimum absolute atomic E-state index is 0.146. The van der Waals surface area contributed by atoms with Gasteiger partial charge in [0.2, 0.25) is 5.91 Å². The van der Waals surface area contributed by atoms with E-state index in [1.54, 1.807) is 0 Å². The molecule has 0 unspecified atom stereocenters. The van der Waals surface area contributed by atoms with Crippen molar-refractivity contribution in [3.8, 4) is 0 Å². The summed E-state index contributed by atoms with van der Waals surface area (Å²) in [5.41, 5.74) is 0.481. The van der Waals surface area contributed by atoms with Crippen LogP contribution >= 0.6 is 47.0 Å². The highest BCUT2D eigenvalue weighted by Crippen LogP contribution is 2.32. The minimum atomic E-state index is -0.270. The molecule has 86 valence electrons. The number of hydrogen-bond donors (Lipinski definition) is 2. The molecule has 0 heterocycles. The second kappa shape index (κ2) is 5.68. The van der Waals surface area contributed by atoms with Gasteiger partial charge in [0.15, 0.2) is 5.11 Å². The van der Waals surface area contributed by atoms with Gasteiger partial charge in [-0.05, 0) is 24.4 Å². The minimum Gasteiger partial charge on any atom is -0.331 e. The molecule has 0 aliphatic rings. The molecule has 1 amide bonds. The second-order valence-corrected chi connectivity index (χ2v) is 4.51. The van der Waals surface area contributed by atoms with E-state index in [9.17, 15) is 4.79 Å². The number of amides is 1. The summed E-state index contributed by atoms with van der Waals surface area (Å²) in [6, 6.07) is 3.02. The zero-order valence-electron chi connectivity index (χ0n) is 8.11. The Balaban J connectivity index is 2.85. The predicted molar refractivity (Wildman–Crippen MR) is 71.5 cm³/mol. The summed E-state index contributed by atoms with van der Waals surface area (Å²) < 4.78 is 0. The van der Waals surface area contributed by atoms with Gasteiger partial charge in [-0.25, -0.2) is 0 Å². The molecule has 16 heavy (non-hydrogen) atoms. The van der Waals surface area contributed by atoms with Crippen molar-refractivity contribution in [3.63, 3.8) is 0 Å². The lowest BCUT2D eigenvalue weighted by Crippen LogP contribution is -2.32. The standard InChI is InChI=1S/C9H7Cl3N2OS/c1-4(15)13-9(16)14-8-3-6(11)5(10)2-7(8)12/h2-3H,1H3,(H2,13,14,15,16). The molecule has 1 aromatic carbocycles. The monoisotopic (exact) mass is 296 g/mol. The van der Waals surface area contributed by atoms with Crippen molar-refractivity contribution in [2.45, 2.75) is 6.92 Å². The summed E-state index contributed by atoms with van der Waals surface area (Å²) in [7, 11) is 0.